The van der Waals surface area contributed by atoms with E-state index in [-0.39, 0.29) is 28.7 Å². The Morgan fingerprint density at radius 2 is 1.88 bits per heavy atom. The van der Waals surface area contributed by atoms with Gasteiger partial charge in [0.2, 0.25) is 0 Å². The van der Waals surface area contributed by atoms with Crippen LogP contribution in [0.5, 0.6) is 11.5 Å². The topological polar surface area (TPSA) is 79.2 Å². The van der Waals surface area contributed by atoms with Gasteiger partial charge in [-0.1, -0.05) is 34.1 Å². The molecule has 2 fully saturated rings. The van der Waals surface area contributed by atoms with Gasteiger partial charge in [-0.15, -0.1) is 0 Å². The highest BCUT2D eigenvalue weighted by atomic mass is 16.7. The van der Waals surface area contributed by atoms with E-state index in [2.05, 4.69) is 13.8 Å². The highest BCUT2D eigenvalue weighted by Gasteiger charge is 2.68. The minimum Gasteiger partial charge on any atom is -0.504 e. The Hall–Kier alpha value is -1.30. The molecule has 1 aromatic carbocycles. The molecule has 1 saturated carbocycles. The summed E-state index contributed by atoms with van der Waals surface area (Å²) >= 11 is 0. The zero-order chi connectivity index (χ0) is 19.0. The average molecular weight is 362 g/mol. The van der Waals surface area contributed by atoms with Crippen molar-refractivity contribution in [2.24, 2.45) is 11.3 Å². The van der Waals surface area contributed by atoms with Crippen molar-refractivity contribution in [3.05, 3.63) is 22.8 Å². The highest BCUT2D eigenvalue weighted by Crippen LogP contribution is 2.68. The Balaban J connectivity index is 2.05. The molecule has 26 heavy (non-hydrogen) atoms. The molecule has 1 spiro atoms. The fraction of sp³-hybridized carbons (Fsp3) is 0.714. The van der Waals surface area contributed by atoms with Crippen LogP contribution in [0.2, 0.25) is 0 Å². The van der Waals surface area contributed by atoms with E-state index >= 15 is 0 Å². The predicted molar refractivity (Wildman–Crippen MR) is 97.3 cm³/mol. The van der Waals surface area contributed by atoms with E-state index in [1.54, 1.807) is 7.11 Å². The SMILES string of the molecule is COC1OC2c3cc(C(C)C)c(O)c(O)c3C13CCCC(C)(C)C3C2O. The number of benzene rings is 1. The van der Waals surface area contributed by atoms with Crippen LogP contribution in [0, 0.1) is 11.3 Å². The molecule has 5 nitrogen and oxygen atoms in total. The van der Waals surface area contributed by atoms with Crippen LogP contribution in [0.3, 0.4) is 0 Å². The van der Waals surface area contributed by atoms with Gasteiger partial charge in [0.1, 0.15) is 6.10 Å². The molecule has 3 N–H and O–H groups in total. The van der Waals surface area contributed by atoms with Gasteiger partial charge in [0, 0.05) is 24.2 Å². The molecule has 2 aliphatic heterocycles. The Morgan fingerprint density at radius 1 is 1.19 bits per heavy atom. The summed E-state index contributed by atoms with van der Waals surface area (Å²) in [5.74, 6) is -0.156. The summed E-state index contributed by atoms with van der Waals surface area (Å²) in [4.78, 5) is 0. The monoisotopic (exact) mass is 362 g/mol. The number of aliphatic hydroxyl groups is 1. The Kier molecular flexibility index (Phi) is 3.89. The van der Waals surface area contributed by atoms with Crippen molar-refractivity contribution in [1.82, 2.24) is 0 Å². The second-order valence-corrected chi connectivity index (χ2v) is 9.26. The van der Waals surface area contributed by atoms with E-state index in [0.29, 0.717) is 5.56 Å². The van der Waals surface area contributed by atoms with Crippen molar-refractivity contribution in [2.75, 3.05) is 7.11 Å². The Labute approximate surface area is 154 Å². The quantitative estimate of drug-likeness (QED) is 0.699. The average Bonchev–Trinajstić information content (AvgIpc) is 2.56. The molecule has 5 unspecified atom stereocenters. The van der Waals surface area contributed by atoms with Crippen molar-refractivity contribution in [3.8, 4) is 11.5 Å². The standard InChI is InChI=1S/C21H30O5/c1-10(2)11-9-12-13(15(23)14(11)22)21-8-6-7-20(3,4)18(21)16(24)17(12)26-19(21)25-5/h9-10,16-19,22-24H,6-8H2,1-5H3. The van der Waals surface area contributed by atoms with Crippen LogP contribution in [0.4, 0.5) is 0 Å². The van der Waals surface area contributed by atoms with E-state index in [0.717, 1.165) is 30.4 Å². The van der Waals surface area contributed by atoms with Crippen molar-refractivity contribution < 1.29 is 24.8 Å². The third-order valence-corrected chi connectivity index (χ3v) is 7.09. The number of aromatic hydroxyl groups is 2. The van der Waals surface area contributed by atoms with Gasteiger partial charge in [-0.2, -0.15) is 0 Å². The van der Waals surface area contributed by atoms with E-state index in [9.17, 15) is 15.3 Å². The first kappa shape index (κ1) is 18.1. The first-order chi connectivity index (χ1) is 12.2. The fourth-order valence-corrected chi connectivity index (χ4v) is 6.16. The van der Waals surface area contributed by atoms with Crippen molar-refractivity contribution >= 4 is 0 Å². The lowest BCUT2D eigenvalue weighted by Gasteiger charge is -2.64. The molecule has 4 aliphatic rings. The molecule has 5 rings (SSSR count). The molecule has 2 heterocycles. The van der Waals surface area contributed by atoms with Crippen molar-refractivity contribution in [2.45, 2.75) is 76.8 Å². The maximum atomic E-state index is 11.3. The number of phenols is 2. The molecule has 0 amide bonds. The largest absolute Gasteiger partial charge is 0.504 e. The zero-order valence-electron chi connectivity index (χ0n) is 16.2. The van der Waals surface area contributed by atoms with Gasteiger partial charge in [0.15, 0.2) is 17.8 Å². The summed E-state index contributed by atoms with van der Waals surface area (Å²) < 4.78 is 11.9. The molecule has 1 saturated heterocycles. The molecular weight excluding hydrogens is 332 g/mol. The molecule has 2 bridgehead atoms. The van der Waals surface area contributed by atoms with Gasteiger partial charge in [-0.25, -0.2) is 0 Å². The second-order valence-electron chi connectivity index (χ2n) is 9.26. The van der Waals surface area contributed by atoms with E-state index in [1.165, 1.54) is 0 Å². The van der Waals surface area contributed by atoms with E-state index < -0.39 is 23.9 Å². The smallest absolute Gasteiger partial charge is 0.168 e. The van der Waals surface area contributed by atoms with E-state index in [1.807, 2.05) is 19.9 Å². The van der Waals surface area contributed by atoms with Gasteiger partial charge < -0.3 is 24.8 Å². The summed E-state index contributed by atoms with van der Waals surface area (Å²) in [5.41, 5.74) is 1.44. The number of fused-ring (bicyclic) bond motifs is 1. The molecule has 0 radical (unpaired) electrons. The molecule has 5 heteroatoms. The minimum atomic E-state index is -0.659. The maximum Gasteiger partial charge on any atom is 0.168 e. The third-order valence-electron chi connectivity index (χ3n) is 7.09. The Bertz CT molecular complexity index is 740. The third kappa shape index (κ3) is 2.02. The first-order valence-corrected chi connectivity index (χ1v) is 9.62. The molecule has 0 aromatic heterocycles. The summed E-state index contributed by atoms with van der Waals surface area (Å²) in [6, 6.07) is 1.91. The number of rotatable bonds is 2. The number of hydrogen-bond donors (Lipinski definition) is 3. The number of ether oxygens (including phenoxy) is 2. The number of methoxy groups -OCH3 is 1. The lowest BCUT2D eigenvalue weighted by Crippen LogP contribution is -2.67. The van der Waals surface area contributed by atoms with Gasteiger partial charge in [0.25, 0.3) is 0 Å². The molecule has 2 aliphatic carbocycles. The van der Waals surface area contributed by atoms with Crippen LogP contribution in [-0.2, 0) is 14.9 Å². The van der Waals surface area contributed by atoms with Crippen LogP contribution >= 0.6 is 0 Å². The van der Waals surface area contributed by atoms with Gasteiger partial charge in [-0.05, 0) is 35.8 Å². The van der Waals surface area contributed by atoms with Gasteiger partial charge >= 0.3 is 0 Å². The molecule has 5 atom stereocenters. The highest BCUT2D eigenvalue weighted by molar-refractivity contribution is 5.61. The normalized spacial score (nSPS) is 37.5. The number of phenolic OH excluding ortho intramolecular Hbond substituents is 2. The minimum absolute atomic E-state index is 0.0489. The number of hydrogen-bond acceptors (Lipinski definition) is 5. The number of aliphatic hydroxyl groups excluding tert-OH is 1. The van der Waals surface area contributed by atoms with Crippen LogP contribution in [0.1, 0.15) is 75.7 Å². The molecule has 1 aromatic rings. The van der Waals surface area contributed by atoms with Crippen LogP contribution < -0.4 is 0 Å². The van der Waals surface area contributed by atoms with Crippen molar-refractivity contribution in [1.29, 1.82) is 0 Å². The van der Waals surface area contributed by atoms with Crippen molar-refractivity contribution in [3.63, 3.8) is 0 Å². The van der Waals surface area contributed by atoms with E-state index in [4.69, 9.17) is 9.47 Å². The second kappa shape index (κ2) is 5.60. The van der Waals surface area contributed by atoms with Crippen LogP contribution in [0.15, 0.2) is 6.07 Å². The summed E-state index contributed by atoms with van der Waals surface area (Å²) in [5, 5.41) is 33.0. The first-order valence-electron chi connectivity index (χ1n) is 9.62. The molecule has 144 valence electrons. The lowest BCUT2D eigenvalue weighted by molar-refractivity contribution is -0.310. The fourth-order valence-electron chi connectivity index (χ4n) is 6.16. The Morgan fingerprint density at radius 3 is 2.50 bits per heavy atom. The van der Waals surface area contributed by atoms with Gasteiger partial charge in [0.05, 0.1) is 11.5 Å². The molecular formula is C21H30O5. The maximum absolute atomic E-state index is 11.3. The summed E-state index contributed by atoms with van der Waals surface area (Å²) in [7, 11) is 1.62. The lowest BCUT2D eigenvalue weighted by atomic mass is 9.46. The summed E-state index contributed by atoms with van der Waals surface area (Å²) in [6.07, 6.45) is 0.964. The van der Waals surface area contributed by atoms with Gasteiger partial charge in [-0.3, -0.25) is 0 Å². The van der Waals surface area contributed by atoms with Crippen LogP contribution in [0.25, 0.3) is 0 Å². The zero-order valence-corrected chi connectivity index (χ0v) is 16.2. The summed E-state index contributed by atoms with van der Waals surface area (Å²) in [6.45, 7) is 8.30. The predicted octanol–water partition coefficient (Wildman–Crippen LogP) is 3.70. The van der Waals surface area contributed by atoms with Crippen LogP contribution in [-0.4, -0.2) is 34.8 Å².